The minimum atomic E-state index is -3.61. The van der Waals surface area contributed by atoms with Gasteiger partial charge in [0.2, 0.25) is 0 Å². The minimum absolute atomic E-state index is 0.107. The van der Waals surface area contributed by atoms with Gasteiger partial charge in [0.05, 0.1) is 35.1 Å². The van der Waals surface area contributed by atoms with Crippen molar-refractivity contribution in [2.45, 2.75) is 50.4 Å². The number of aliphatic hydroxyl groups is 1. The number of aromatic nitrogens is 1. The lowest BCUT2D eigenvalue weighted by Gasteiger charge is -2.33. The molecule has 3 fully saturated rings. The molecule has 2 aromatic carbocycles. The number of ether oxygens (including phenoxy) is 1. The maximum Gasteiger partial charge on any atom is 0.177 e. The quantitative estimate of drug-likeness (QED) is 0.294. The van der Waals surface area contributed by atoms with Crippen LogP contribution in [0.1, 0.15) is 53.3 Å². The maximum atomic E-state index is 12.4. The lowest BCUT2D eigenvalue weighted by atomic mass is 10.0. The highest BCUT2D eigenvalue weighted by Crippen LogP contribution is 2.47. The van der Waals surface area contributed by atoms with Crippen molar-refractivity contribution in [2.75, 3.05) is 29.6 Å². The highest BCUT2D eigenvalue weighted by molar-refractivity contribution is 7.92. The number of fused-ring (bicyclic) bond motifs is 2. The van der Waals surface area contributed by atoms with Gasteiger partial charge in [-0.15, -0.1) is 0 Å². The number of anilines is 1. The van der Waals surface area contributed by atoms with E-state index in [0.29, 0.717) is 51.4 Å². The van der Waals surface area contributed by atoms with Crippen LogP contribution >= 0.6 is 23.2 Å². The number of Topliss-reactive ketones (excluding diaryl/α,β-unsaturated/α-hetero) is 1. The Morgan fingerprint density at radius 1 is 1.10 bits per heavy atom. The molecule has 40 heavy (non-hydrogen) atoms. The number of piperidine rings is 1. The second kappa shape index (κ2) is 11.1. The van der Waals surface area contributed by atoms with Gasteiger partial charge in [0.1, 0.15) is 17.2 Å². The number of ketones is 1. The van der Waals surface area contributed by atoms with Crippen LogP contribution < -0.4 is 4.90 Å². The molecular formula is C29H30Cl2N2O6S. The van der Waals surface area contributed by atoms with Gasteiger partial charge in [0, 0.05) is 46.8 Å². The molecule has 0 radical (unpaired) electrons. The van der Waals surface area contributed by atoms with Gasteiger partial charge in [-0.3, -0.25) is 4.79 Å². The fraction of sp³-hybridized carbons (Fsp3) is 0.448. The van der Waals surface area contributed by atoms with E-state index < -0.39 is 33.7 Å². The number of benzene rings is 2. The van der Waals surface area contributed by atoms with E-state index in [1.165, 1.54) is 0 Å². The summed E-state index contributed by atoms with van der Waals surface area (Å²) in [6, 6.07) is 12.8. The Morgan fingerprint density at radius 2 is 1.82 bits per heavy atom. The number of sulfone groups is 1. The van der Waals surface area contributed by atoms with Crippen LogP contribution in [-0.2, 0) is 21.2 Å². The van der Waals surface area contributed by atoms with Crippen molar-refractivity contribution >= 4 is 44.5 Å². The molecule has 3 aromatic rings. The second-order valence-electron chi connectivity index (χ2n) is 10.9. The number of nitrogens with zero attached hydrogens (tertiary/aromatic N) is 2. The third-order valence-corrected chi connectivity index (χ3v) is 10.3. The smallest absolute Gasteiger partial charge is 0.177 e. The van der Waals surface area contributed by atoms with Gasteiger partial charge < -0.3 is 19.3 Å². The van der Waals surface area contributed by atoms with Crippen LogP contribution in [0.5, 0.6) is 0 Å². The predicted molar refractivity (Wildman–Crippen MR) is 153 cm³/mol. The van der Waals surface area contributed by atoms with Crippen LogP contribution in [-0.4, -0.2) is 61.3 Å². The van der Waals surface area contributed by atoms with Crippen molar-refractivity contribution in [2.24, 2.45) is 5.92 Å². The Labute approximate surface area is 243 Å². The molecule has 1 aromatic heterocycles. The van der Waals surface area contributed by atoms with Crippen LogP contribution in [0.25, 0.3) is 11.3 Å². The molecule has 2 heterocycles. The van der Waals surface area contributed by atoms with Gasteiger partial charge in [-0.05, 0) is 62.1 Å². The van der Waals surface area contributed by atoms with Gasteiger partial charge >= 0.3 is 0 Å². The van der Waals surface area contributed by atoms with Crippen LogP contribution in [0.2, 0.25) is 10.0 Å². The number of aliphatic hydroxyl groups excluding tert-OH is 1. The molecule has 0 unspecified atom stereocenters. The molecule has 1 N–H and O–H groups in total. The van der Waals surface area contributed by atoms with Crippen molar-refractivity contribution in [1.82, 2.24) is 5.16 Å². The highest BCUT2D eigenvalue weighted by Gasteiger charge is 2.45. The Balaban J connectivity index is 1.11. The first-order valence-electron chi connectivity index (χ1n) is 13.5. The summed E-state index contributed by atoms with van der Waals surface area (Å²) in [5, 5.41) is 14.3. The summed E-state index contributed by atoms with van der Waals surface area (Å²) in [6.45, 7) is 0.736. The fourth-order valence-corrected chi connectivity index (χ4v) is 7.56. The van der Waals surface area contributed by atoms with Crippen molar-refractivity contribution in [1.29, 1.82) is 0 Å². The molecule has 2 aliphatic carbocycles. The Morgan fingerprint density at radius 3 is 2.45 bits per heavy atom. The van der Waals surface area contributed by atoms with Gasteiger partial charge in [-0.1, -0.05) is 34.4 Å². The highest BCUT2D eigenvalue weighted by atomic mass is 35.5. The van der Waals surface area contributed by atoms with E-state index in [1.807, 2.05) is 18.2 Å². The lowest BCUT2D eigenvalue weighted by molar-refractivity contribution is 0.0122. The summed E-state index contributed by atoms with van der Waals surface area (Å²) in [6.07, 6.45) is 4.16. The van der Waals surface area contributed by atoms with E-state index in [-0.39, 0.29) is 6.10 Å². The van der Waals surface area contributed by atoms with Gasteiger partial charge in [-0.2, -0.15) is 0 Å². The fourth-order valence-electron chi connectivity index (χ4n) is 6.00. The number of hydrogen-bond acceptors (Lipinski definition) is 8. The standard InChI is InChI=1S/C29H30Cl2N2O6S/c30-23-2-1-3-24(31)27(23)28-22(29(39-32-28)18-4-5-18)15-38-26-13-21-12-19(26)14-33(21)20-8-6-17(7-9-20)25(35)16-40(36,37)11-10-34/h1-3,6-9,18-19,21,26,34H,4-5,10-16H2/t19-,21-,26+/m0/s1. The predicted octanol–water partition coefficient (Wildman–Crippen LogP) is 5.30. The zero-order chi connectivity index (χ0) is 28.0. The monoisotopic (exact) mass is 604 g/mol. The van der Waals surface area contributed by atoms with E-state index in [1.54, 1.807) is 24.3 Å². The van der Waals surface area contributed by atoms with Gasteiger partial charge in [0.25, 0.3) is 0 Å². The summed E-state index contributed by atoms with van der Waals surface area (Å²) in [7, 11) is -3.61. The largest absolute Gasteiger partial charge is 0.395 e. The molecule has 1 aliphatic heterocycles. The molecule has 3 aliphatic rings. The molecule has 2 saturated carbocycles. The van der Waals surface area contributed by atoms with Crippen LogP contribution in [0, 0.1) is 5.92 Å². The van der Waals surface area contributed by atoms with Gasteiger partial charge in [0.15, 0.2) is 15.6 Å². The summed E-state index contributed by atoms with van der Waals surface area (Å²) in [4.78, 5) is 14.8. The molecular weight excluding hydrogens is 575 g/mol. The van der Waals surface area contributed by atoms with Crippen LogP contribution in [0.4, 0.5) is 5.69 Å². The normalized spacial score (nSPS) is 22.3. The molecule has 11 heteroatoms. The van der Waals surface area contributed by atoms with E-state index >= 15 is 0 Å². The average Bonchev–Trinajstić information content (AvgIpc) is 3.37. The average molecular weight is 606 g/mol. The first-order valence-corrected chi connectivity index (χ1v) is 16.1. The Kier molecular flexibility index (Phi) is 7.69. The first-order chi connectivity index (χ1) is 19.2. The summed E-state index contributed by atoms with van der Waals surface area (Å²) in [5.41, 5.74) is 3.61. The summed E-state index contributed by atoms with van der Waals surface area (Å²) in [5.74, 6) is 0.125. The summed E-state index contributed by atoms with van der Waals surface area (Å²) < 4.78 is 36.1. The van der Waals surface area contributed by atoms with Crippen LogP contribution in [0.15, 0.2) is 47.0 Å². The Bertz CT molecular complexity index is 1500. The van der Waals surface area contributed by atoms with Crippen molar-refractivity contribution in [3.8, 4) is 11.3 Å². The third kappa shape index (κ3) is 5.54. The van der Waals surface area contributed by atoms with Crippen molar-refractivity contribution in [3.63, 3.8) is 0 Å². The SMILES string of the molecule is O=C(CS(=O)(=O)CCO)c1ccc(N2C[C@@H]3C[C@H]2C[C@H]3OCc2c(-c3c(Cl)cccc3Cl)noc2C2CC2)cc1. The van der Waals surface area contributed by atoms with E-state index in [2.05, 4.69) is 10.1 Å². The molecule has 212 valence electrons. The van der Waals surface area contributed by atoms with Crippen molar-refractivity contribution < 1.29 is 27.6 Å². The second-order valence-corrected chi connectivity index (χ2v) is 13.9. The molecule has 0 amide bonds. The zero-order valence-electron chi connectivity index (χ0n) is 21.8. The van der Waals surface area contributed by atoms with Crippen LogP contribution in [0.3, 0.4) is 0 Å². The zero-order valence-corrected chi connectivity index (χ0v) is 24.1. The molecule has 2 bridgehead atoms. The Hall–Kier alpha value is -2.43. The third-order valence-electron chi connectivity index (χ3n) is 8.16. The summed E-state index contributed by atoms with van der Waals surface area (Å²) >= 11 is 13.0. The number of halogens is 2. The lowest BCUT2D eigenvalue weighted by Crippen LogP contribution is -2.38. The molecule has 8 nitrogen and oxygen atoms in total. The number of hydrogen-bond donors (Lipinski definition) is 1. The topological polar surface area (TPSA) is 110 Å². The molecule has 1 saturated heterocycles. The van der Waals surface area contributed by atoms with E-state index in [9.17, 15) is 13.2 Å². The minimum Gasteiger partial charge on any atom is -0.395 e. The number of carbonyl (C=O) groups is 1. The maximum absolute atomic E-state index is 12.4. The number of rotatable bonds is 11. The van der Waals surface area contributed by atoms with Crippen molar-refractivity contribution in [3.05, 3.63) is 69.4 Å². The number of carbonyl (C=O) groups excluding carboxylic acids is 1. The molecule has 0 spiro atoms. The first kappa shape index (κ1) is 27.7. The molecule has 3 atom stereocenters. The molecule has 6 rings (SSSR count). The van der Waals surface area contributed by atoms with E-state index in [4.69, 9.17) is 37.6 Å². The van der Waals surface area contributed by atoms with E-state index in [0.717, 1.165) is 49.2 Å². The van der Waals surface area contributed by atoms with Gasteiger partial charge in [-0.25, -0.2) is 8.42 Å².